The van der Waals surface area contributed by atoms with Crippen molar-refractivity contribution in [3.05, 3.63) is 35.1 Å². The summed E-state index contributed by atoms with van der Waals surface area (Å²) >= 11 is 7.19. The summed E-state index contributed by atoms with van der Waals surface area (Å²) in [5.41, 5.74) is 0.687. The lowest BCUT2D eigenvalue weighted by atomic mass is 10.3. The number of aromatic nitrogens is 3. The lowest BCUT2D eigenvalue weighted by Gasteiger charge is -2.05. The van der Waals surface area contributed by atoms with E-state index in [0.717, 1.165) is 11.0 Å². The van der Waals surface area contributed by atoms with Gasteiger partial charge in [-0.1, -0.05) is 29.4 Å². The van der Waals surface area contributed by atoms with E-state index in [9.17, 15) is 4.79 Å². The molecule has 0 fully saturated rings. The molecular formula is C12H13ClN4OS. The summed E-state index contributed by atoms with van der Waals surface area (Å²) in [7, 11) is 1.87. The summed E-state index contributed by atoms with van der Waals surface area (Å²) < 4.78 is 1.84. The van der Waals surface area contributed by atoms with Crippen molar-refractivity contribution in [2.45, 2.75) is 12.1 Å². The maximum Gasteiger partial charge on any atom is 0.234 e. The molecule has 2 aromatic rings. The van der Waals surface area contributed by atoms with Crippen molar-refractivity contribution in [3.8, 4) is 0 Å². The molecule has 1 aromatic heterocycles. The topological polar surface area (TPSA) is 59.8 Å². The quantitative estimate of drug-likeness (QED) is 0.881. The Morgan fingerprint density at radius 1 is 1.47 bits per heavy atom. The summed E-state index contributed by atoms with van der Waals surface area (Å²) in [4.78, 5) is 11.8. The van der Waals surface area contributed by atoms with Crippen molar-refractivity contribution >= 4 is 35.0 Å². The third-order valence-corrected chi connectivity index (χ3v) is 3.75. The number of rotatable bonds is 4. The maximum absolute atomic E-state index is 11.8. The van der Waals surface area contributed by atoms with Crippen LogP contribution in [0.25, 0.3) is 0 Å². The van der Waals surface area contributed by atoms with Gasteiger partial charge >= 0.3 is 0 Å². The molecule has 0 aliphatic carbocycles. The minimum Gasteiger partial charge on any atom is -0.325 e. The lowest BCUT2D eigenvalue weighted by molar-refractivity contribution is -0.113. The Kier molecular flexibility index (Phi) is 4.44. The largest absolute Gasteiger partial charge is 0.325 e. The molecule has 1 N–H and O–H groups in total. The number of halogens is 1. The van der Waals surface area contributed by atoms with Crippen molar-refractivity contribution in [1.29, 1.82) is 0 Å². The van der Waals surface area contributed by atoms with E-state index in [2.05, 4.69) is 15.5 Å². The van der Waals surface area contributed by atoms with E-state index in [1.807, 2.05) is 18.5 Å². The summed E-state index contributed by atoms with van der Waals surface area (Å²) in [6, 6.07) is 7.04. The first-order valence-electron chi connectivity index (χ1n) is 5.60. The van der Waals surface area contributed by atoms with Crippen molar-refractivity contribution < 1.29 is 4.79 Å². The highest BCUT2D eigenvalue weighted by molar-refractivity contribution is 7.99. The Balaban J connectivity index is 1.90. The Bertz CT molecular complexity index is 599. The predicted molar refractivity (Wildman–Crippen MR) is 76.5 cm³/mol. The standard InChI is InChI=1S/C12H13ClN4OS/c1-8-15-16-12(17(8)2)19-7-11(18)14-10-5-3-4-9(13)6-10/h3-6H,7H2,1-2H3,(H,14,18). The third-order valence-electron chi connectivity index (χ3n) is 2.49. The van der Waals surface area contributed by atoms with Gasteiger partial charge in [-0.05, 0) is 25.1 Å². The van der Waals surface area contributed by atoms with Crippen LogP contribution in [0.15, 0.2) is 29.4 Å². The van der Waals surface area contributed by atoms with E-state index >= 15 is 0 Å². The molecule has 0 radical (unpaired) electrons. The number of thioether (sulfide) groups is 1. The van der Waals surface area contributed by atoms with Crippen LogP contribution >= 0.6 is 23.4 Å². The monoisotopic (exact) mass is 296 g/mol. The Morgan fingerprint density at radius 2 is 2.26 bits per heavy atom. The molecule has 100 valence electrons. The second-order valence-corrected chi connectivity index (χ2v) is 5.31. The first kappa shape index (κ1) is 13.9. The molecule has 1 aromatic carbocycles. The minimum atomic E-state index is -0.104. The van der Waals surface area contributed by atoms with E-state index in [4.69, 9.17) is 11.6 Å². The van der Waals surface area contributed by atoms with Gasteiger partial charge in [-0.15, -0.1) is 10.2 Å². The zero-order valence-electron chi connectivity index (χ0n) is 10.6. The lowest BCUT2D eigenvalue weighted by Crippen LogP contribution is -2.14. The highest BCUT2D eigenvalue weighted by Crippen LogP contribution is 2.17. The van der Waals surface area contributed by atoms with Gasteiger partial charge in [0.25, 0.3) is 0 Å². The second-order valence-electron chi connectivity index (χ2n) is 3.94. The smallest absolute Gasteiger partial charge is 0.234 e. The van der Waals surface area contributed by atoms with Gasteiger partial charge in [0.05, 0.1) is 5.75 Å². The first-order valence-corrected chi connectivity index (χ1v) is 6.97. The summed E-state index contributed by atoms with van der Waals surface area (Å²) in [6.45, 7) is 1.86. The fourth-order valence-electron chi connectivity index (χ4n) is 1.41. The van der Waals surface area contributed by atoms with Crippen LogP contribution in [-0.2, 0) is 11.8 Å². The molecule has 7 heteroatoms. The number of carbonyl (C=O) groups is 1. The van der Waals surface area contributed by atoms with Gasteiger partial charge in [-0.25, -0.2) is 0 Å². The molecular weight excluding hydrogens is 284 g/mol. The van der Waals surface area contributed by atoms with Crippen LogP contribution in [0.4, 0.5) is 5.69 Å². The fraction of sp³-hybridized carbons (Fsp3) is 0.250. The number of anilines is 1. The molecule has 19 heavy (non-hydrogen) atoms. The number of carbonyl (C=O) groups excluding carboxylic acids is 1. The van der Waals surface area contributed by atoms with Crippen LogP contribution in [0.5, 0.6) is 0 Å². The highest BCUT2D eigenvalue weighted by Gasteiger charge is 2.09. The van der Waals surface area contributed by atoms with Crippen LogP contribution in [0.1, 0.15) is 5.82 Å². The Morgan fingerprint density at radius 3 is 2.89 bits per heavy atom. The zero-order chi connectivity index (χ0) is 13.8. The number of aryl methyl sites for hydroxylation is 1. The Labute approximate surface area is 120 Å². The number of hydrogen-bond acceptors (Lipinski definition) is 4. The molecule has 0 atom stereocenters. The number of nitrogens with one attached hydrogen (secondary N) is 1. The van der Waals surface area contributed by atoms with Gasteiger partial charge < -0.3 is 9.88 Å². The van der Waals surface area contributed by atoms with Gasteiger partial charge in [0, 0.05) is 17.8 Å². The maximum atomic E-state index is 11.8. The van der Waals surface area contributed by atoms with Gasteiger partial charge in [0.1, 0.15) is 5.82 Å². The normalized spacial score (nSPS) is 10.5. The number of amides is 1. The van der Waals surface area contributed by atoms with Gasteiger partial charge in [-0.2, -0.15) is 0 Å². The number of hydrogen-bond donors (Lipinski definition) is 1. The summed E-state index contributed by atoms with van der Waals surface area (Å²) in [6.07, 6.45) is 0. The predicted octanol–water partition coefficient (Wildman–Crippen LogP) is 2.51. The van der Waals surface area contributed by atoms with E-state index < -0.39 is 0 Å². The molecule has 0 bridgehead atoms. The average Bonchev–Trinajstić information content (AvgIpc) is 2.68. The molecule has 0 aliphatic heterocycles. The second kappa shape index (κ2) is 6.08. The number of benzene rings is 1. The SMILES string of the molecule is Cc1nnc(SCC(=O)Nc2cccc(Cl)c2)n1C. The van der Waals surface area contributed by atoms with Crippen molar-refractivity contribution in [2.75, 3.05) is 11.1 Å². The molecule has 1 amide bonds. The molecule has 2 rings (SSSR count). The fourth-order valence-corrected chi connectivity index (χ4v) is 2.35. The molecule has 5 nitrogen and oxygen atoms in total. The molecule has 0 aliphatic rings. The molecule has 0 saturated heterocycles. The van der Waals surface area contributed by atoms with Gasteiger partial charge in [-0.3, -0.25) is 4.79 Å². The van der Waals surface area contributed by atoms with Crippen molar-refractivity contribution in [3.63, 3.8) is 0 Å². The average molecular weight is 297 g/mol. The van der Waals surface area contributed by atoms with Crippen LogP contribution in [0, 0.1) is 6.92 Å². The molecule has 0 unspecified atom stereocenters. The molecule has 0 spiro atoms. The van der Waals surface area contributed by atoms with Crippen LogP contribution in [-0.4, -0.2) is 26.4 Å². The Hall–Kier alpha value is -1.53. The van der Waals surface area contributed by atoms with Crippen LogP contribution in [0.2, 0.25) is 5.02 Å². The van der Waals surface area contributed by atoms with E-state index in [1.54, 1.807) is 24.3 Å². The zero-order valence-corrected chi connectivity index (χ0v) is 12.1. The number of nitrogens with zero attached hydrogens (tertiary/aromatic N) is 3. The van der Waals surface area contributed by atoms with E-state index in [0.29, 0.717) is 10.7 Å². The molecule has 1 heterocycles. The minimum absolute atomic E-state index is 0.104. The van der Waals surface area contributed by atoms with Crippen LogP contribution in [0.3, 0.4) is 0 Å². The summed E-state index contributed by atoms with van der Waals surface area (Å²) in [5.74, 6) is 0.990. The van der Waals surface area contributed by atoms with Crippen LogP contribution < -0.4 is 5.32 Å². The van der Waals surface area contributed by atoms with E-state index in [1.165, 1.54) is 11.8 Å². The summed E-state index contributed by atoms with van der Waals surface area (Å²) in [5, 5.41) is 12.0. The third kappa shape index (κ3) is 3.71. The molecule has 0 saturated carbocycles. The van der Waals surface area contributed by atoms with Gasteiger partial charge in [0.15, 0.2) is 5.16 Å². The highest BCUT2D eigenvalue weighted by atomic mass is 35.5. The first-order chi connectivity index (χ1) is 9.06. The van der Waals surface area contributed by atoms with Crippen molar-refractivity contribution in [1.82, 2.24) is 14.8 Å². The van der Waals surface area contributed by atoms with E-state index in [-0.39, 0.29) is 11.7 Å². The van der Waals surface area contributed by atoms with Gasteiger partial charge in [0.2, 0.25) is 5.91 Å². The van der Waals surface area contributed by atoms with Crippen molar-refractivity contribution in [2.24, 2.45) is 7.05 Å².